The van der Waals surface area contributed by atoms with Crippen LogP contribution in [0.2, 0.25) is 0 Å². The first-order chi connectivity index (χ1) is 12.1. The zero-order chi connectivity index (χ0) is 18.1. The third-order valence-electron chi connectivity index (χ3n) is 4.78. The molecule has 1 unspecified atom stereocenters. The van der Waals surface area contributed by atoms with Gasteiger partial charge in [0.2, 0.25) is 5.89 Å². The summed E-state index contributed by atoms with van der Waals surface area (Å²) in [7, 11) is 3.51. The second-order valence-corrected chi connectivity index (χ2v) is 6.52. The highest BCUT2D eigenvalue weighted by Gasteiger charge is 2.36. The Morgan fingerprint density at radius 2 is 2.20 bits per heavy atom. The maximum atomic E-state index is 5.46. The number of aromatic nitrogens is 2. The zero-order valence-electron chi connectivity index (χ0n) is 15.8. The number of aliphatic imine (C=N–C) groups is 1. The molecule has 2 rings (SSSR count). The Morgan fingerprint density at radius 3 is 2.80 bits per heavy atom. The third-order valence-corrected chi connectivity index (χ3v) is 4.78. The van der Waals surface area contributed by atoms with E-state index >= 15 is 0 Å². The number of hydrogen-bond donors (Lipinski definition) is 2. The monoisotopic (exact) mass is 353 g/mol. The van der Waals surface area contributed by atoms with E-state index in [1.54, 1.807) is 14.2 Å². The fourth-order valence-corrected chi connectivity index (χ4v) is 2.99. The Labute approximate surface area is 149 Å². The molecule has 142 valence electrons. The van der Waals surface area contributed by atoms with Crippen LogP contribution in [-0.4, -0.2) is 50.0 Å². The lowest BCUT2D eigenvalue weighted by atomic mass is 9.67. The molecule has 1 aromatic rings. The molecule has 1 aliphatic rings. The smallest absolute Gasteiger partial charge is 0.246 e. The van der Waals surface area contributed by atoms with E-state index in [9.17, 15) is 0 Å². The van der Waals surface area contributed by atoms with Crippen LogP contribution in [-0.2, 0) is 16.0 Å². The van der Waals surface area contributed by atoms with Gasteiger partial charge in [-0.2, -0.15) is 4.98 Å². The standard InChI is InChI=1S/C17H31N5O3/c1-5-24-13(2)15-21-14(25-22-15)11-19-16(18-3)20-12-17(7-6-8-17)9-10-23-4/h13H,5-12H2,1-4H3,(H2,18,19,20). The van der Waals surface area contributed by atoms with Gasteiger partial charge in [-0.05, 0) is 38.5 Å². The largest absolute Gasteiger partial charge is 0.385 e. The highest BCUT2D eigenvalue weighted by atomic mass is 16.5. The first kappa shape index (κ1) is 19.7. The van der Waals surface area contributed by atoms with Crippen LogP contribution >= 0.6 is 0 Å². The van der Waals surface area contributed by atoms with Crippen molar-refractivity contribution in [3.63, 3.8) is 0 Å². The maximum Gasteiger partial charge on any atom is 0.246 e. The summed E-state index contributed by atoms with van der Waals surface area (Å²) in [4.78, 5) is 8.61. The van der Waals surface area contributed by atoms with Crippen LogP contribution in [0.3, 0.4) is 0 Å². The van der Waals surface area contributed by atoms with Crippen molar-refractivity contribution in [2.75, 3.05) is 33.9 Å². The van der Waals surface area contributed by atoms with Crippen molar-refractivity contribution in [2.24, 2.45) is 10.4 Å². The summed E-state index contributed by atoms with van der Waals surface area (Å²) in [6.45, 7) is 6.59. The fraction of sp³-hybridized carbons (Fsp3) is 0.824. The Hall–Kier alpha value is -1.67. The molecule has 8 heteroatoms. The molecule has 1 fully saturated rings. The number of rotatable bonds is 10. The average Bonchev–Trinajstić information content (AvgIpc) is 3.05. The van der Waals surface area contributed by atoms with E-state index in [1.165, 1.54) is 19.3 Å². The van der Waals surface area contributed by atoms with Gasteiger partial charge in [0.05, 0.1) is 6.54 Å². The Morgan fingerprint density at radius 1 is 1.40 bits per heavy atom. The first-order valence-electron chi connectivity index (χ1n) is 9.00. The highest BCUT2D eigenvalue weighted by Crippen LogP contribution is 2.43. The van der Waals surface area contributed by atoms with Gasteiger partial charge in [0, 0.05) is 33.9 Å². The van der Waals surface area contributed by atoms with E-state index in [0.717, 1.165) is 25.5 Å². The molecule has 1 heterocycles. The third kappa shape index (κ3) is 5.67. The summed E-state index contributed by atoms with van der Waals surface area (Å²) >= 11 is 0. The summed E-state index contributed by atoms with van der Waals surface area (Å²) in [6, 6.07) is 0. The molecule has 1 aliphatic carbocycles. The molecule has 2 N–H and O–H groups in total. The first-order valence-corrected chi connectivity index (χ1v) is 9.00. The van der Waals surface area contributed by atoms with Crippen molar-refractivity contribution in [3.8, 4) is 0 Å². The van der Waals surface area contributed by atoms with Crippen molar-refractivity contribution in [1.29, 1.82) is 0 Å². The summed E-state index contributed by atoms with van der Waals surface area (Å²) in [6.07, 6.45) is 4.68. The quantitative estimate of drug-likeness (QED) is 0.491. The SMILES string of the molecule is CCOC(C)c1noc(CNC(=NC)NCC2(CCOC)CCC2)n1. The topological polar surface area (TPSA) is 93.8 Å². The van der Waals surface area contributed by atoms with Gasteiger partial charge in [0.25, 0.3) is 0 Å². The number of guanidine groups is 1. The zero-order valence-corrected chi connectivity index (χ0v) is 15.8. The molecule has 1 saturated carbocycles. The van der Waals surface area contributed by atoms with Gasteiger partial charge in [-0.1, -0.05) is 11.6 Å². The molecule has 1 aromatic heterocycles. The van der Waals surface area contributed by atoms with Crippen molar-refractivity contribution in [2.45, 2.75) is 52.2 Å². The second kappa shape index (κ2) is 9.72. The van der Waals surface area contributed by atoms with E-state index in [-0.39, 0.29) is 6.10 Å². The number of ether oxygens (including phenoxy) is 2. The molecule has 8 nitrogen and oxygen atoms in total. The molecule has 0 radical (unpaired) electrons. The minimum Gasteiger partial charge on any atom is -0.385 e. The van der Waals surface area contributed by atoms with Crippen LogP contribution in [0.25, 0.3) is 0 Å². The number of nitrogens with zero attached hydrogens (tertiary/aromatic N) is 3. The number of methoxy groups -OCH3 is 1. The number of hydrogen-bond acceptors (Lipinski definition) is 6. The molecule has 1 atom stereocenters. The van der Waals surface area contributed by atoms with E-state index in [4.69, 9.17) is 14.0 Å². The summed E-state index contributed by atoms with van der Waals surface area (Å²) in [5.41, 5.74) is 0.332. The van der Waals surface area contributed by atoms with Gasteiger partial charge < -0.3 is 24.6 Å². The second-order valence-electron chi connectivity index (χ2n) is 6.52. The summed E-state index contributed by atoms with van der Waals surface area (Å²) in [5, 5.41) is 10.6. The predicted molar refractivity (Wildman–Crippen MR) is 95.3 cm³/mol. The van der Waals surface area contributed by atoms with E-state index < -0.39 is 0 Å². The highest BCUT2D eigenvalue weighted by molar-refractivity contribution is 5.79. The van der Waals surface area contributed by atoms with E-state index in [2.05, 4.69) is 25.8 Å². The molecule has 25 heavy (non-hydrogen) atoms. The van der Waals surface area contributed by atoms with Gasteiger partial charge in [-0.3, -0.25) is 4.99 Å². The van der Waals surface area contributed by atoms with E-state index in [1.807, 2.05) is 13.8 Å². The molecule has 0 saturated heterocycles. The van der Waals surface area contributed by atoms with Crippen LogP contribution in [0, 0.1) is 5.41 Å². The summed E-state index contributed by atoms with van der Waals surface area (Å²) < 4.78 is 16.0. The van der Waals surface area contributed by atoms with Gasteiger partial charge in [-0.15, -0.1) is 0 Å². The van der Waals surface area contributed by atoms with Crippen LogP contribution in [0.15, 0.2) is 9.52 Å². The summed E-state index contributed by atoms with van der Waals surface area (Å²) in [5.74, 6) is 1.82. The van der Waals surface area contributed by atoms with Crippen LogP contribution in [0.5, 0.6) is 0 Å². The lowest BCUT2D eigenvalue weighted by Crippen LogP contribution is -2.46. The number of nitrogens with one attached hydrogen (secondary N) is 2. The van der Waals surface area contributed by atoms with Crippen LogP contribution in [0.4, 0.5) is 0 Å². The van der Waals surface area contributed by atoms with Crippen LogP contribution in [0.1, 0.15) is 57.3 Å². The van der Waals surface area contributed by atoms with Gasteiger partial charge in [0.15, 0.2) is 11.8 Å². The Balaban J connectivity index is 1.78. The van der Waals surface area contributed by atoms with E-state index in [0.29, 0.717) is 30.3 Å². The fourth-order valence-electron chi connectivity index (χ4n) is 2.99. The lowest BCUT2D eigenvalue weighted by Gasteiger charge is -2.42. The molecular weight excluding hydrogens is 322 g/mol. The molecule has 0 amide bonds. The lowest BCUT2D eigenvalue weighted by molar-refractivity contribution is 0.0683. The van der Waals surface area contributed by atoms with Crippen molar-refractivity contribution >= 4 is 5.96 Å². The minimum atomic E-state index is -0.167. The van der Waals surface area contributed by atoms with Gasteiger partial charge >= 0.3 is 0 Å². The molecule has 0 aliphatic heterocycles. The maximum absolute atomic E-state index is 5.46. The Bertz CT molecular complexity index is 542. The molecule has 0 aromatic carbocycles. The molecule has 0 spiro atoms. The predicted octanol–water partition coefficient (Wildman–Crippen LogP) is 2.04. The molecular formula is C17H31N5O3. The minimum absolute atomic E-state index is 0.167. The van der Waals surface area contributed by atoms with Gasteiger partial charge in [0.1, 0.15) is 6.10 Å². The van der Waals surface area contributed by atoms with Gasteiger partial charge in [-0.25, -0.2) is 0 Å². The van der Waals surface area contributed by atoms with Crippen molar-refractivity contribution in [1.82, 2.24) is 20.8 Å². The average molecular weight is 353 g/mol. The van der Waals surface area contributed by atoms with Crippen molar-refractivity contribution in [3.05, 3.63) is 11.7 Å². The Kier molecular flexibility index (Phi) is 7.64. The molecule has 0 bridgehead atoms. The van der Waals surface area contributed by atoms with Crippen molar-refractivity contribution < 1.29 is 14.0 Å². The van der Waals surface area contributed by atoms with Crippen LogP contribution < -0.4 is 10.6 Å². The normalized spacial score (nSPS) is 17.8.